The fraction of sp³-hybridized carbons (Fsp3) is 0.154. The van der Waals surface area contributed by atoms with Crippen LogP contribution < -0.4 is 4.90 Å². The third kappa shape index (κ3) is 3.20. The molecule has 1 aliphatic rings. The zero-order valence-electron chi connectivity index (χ0n) is 17.2. The Hall–Kier alpha value is -3.66. The first kappa shape index (κ1) is 19.6. The van der Waals surface area contributed by atoms with Crippen LogP contribution in [0.25, 0.3) is 5.76 Å². The third-order valence-electron chi connectivity index (χ3n) is 5.58. The van der Waals surface area contributed by atoms with E-state index in [-0.39, 0.29) is 11.3 Å². The second-order valence-electron chi connectivity index (χ2n) is 7.68. The molecule has 0 saturated carbocycles. The van der Waals surface area contributed by atoms with Gasteiger partial charge in [-0.15, -0.1) is 0 Å². The minimum atomic E-state index is -0.702. The maximum atomic E-state index is 13.2. The van der Waals surface area contributed by atoms with Crippen molar-refractivity contribution in [3.63, 3.8) is 0 Å². The van der Waals surface area contributed by atoms with Crippen LogP contribution in [0.4, 0.5) is 5.69 Å². The summed E-state index contributed by atoms with van der Waals surface area (Å²) in [5.41, 5.74) is 4.80. The van der Waals surface area contributed by atoms with Gasteiger partial charge in [-0.05, 0) is 49.6 Å². The Balaban J connectivity index is 2.00. The average Bonchev–Trinajstić information content (AvgIpc) is 3.01. The Labute approximate surface area is 176 Å². The number of benzene rings is 3. The molecule has 0 radical (unpaired) electrons. The van der Waals surface area contributed by atoms with Crippen LogP contribution in [-0.2, 0) is 9.59 Å². The number of amides is 1. The summed E-state index contributed by atoms with van der Waals surface area (Å²) in [6.45, 7) is 5.71. The van der Waals surface area contributed by atoms with Gasteiger partial charge in [-0.2, -0.15) is 0 Å². The summed E-state index contributed by atoms with van der Waals surface area (Å²) in [4.78, 5) is 27.9. The van der Waals surface area contributed by atoms with Crippen molar-refractivity contribution in [2.45, 2.75) is 26.8 Å². The summed E-state index contributed by atoms with van der Waals surface area (Å²) >= 11 is 0. The standard InChI is InChI=1S/C26H23NO3/c1-16-13-14-17(2)20(15-16)24(28)22-23(19-10-5-4-6-11-19)27(26(30)25(22)29)21-12-8-7-9-18(21)3/h4-15,23,28H,1-3H3/b24-22+. The van der Waals surface area contributed by atoms with Gasteiger partial charge >= 0.3 is 0 Å². The van der Waals surface area contributed by atoms with Crippen LogP contribution in [-0.4, -0.2) is 16.8 Å². The number of anilines is 1. The van der Waals surface area contributed by atoms with E-state index in [1.54, 1.807) is 0 Å². The van der Waals surface area contributed by atoms with Crippen LogP contribution in [0.15, 0.2) is 78.4 Å². The van der Waals surface area contributed by atoms with Gasteiger partial charge in [0, 0.05) is 11.3 Å². The van der Waals surface area contributed by atoms with Crippen molar-refractivity contribution in [1.82, 2.24) is 0 Å². The number of aliphatic hydroxyl groups is 1. The summed E-state index contributed by atoms with van der Waals surface area (Å²) in [5, 5.41) is 11.3. The van der Waals surface area contributed by atoms with Crippen LogP contribution >= 0.6 is 0 Å². The van der Waals surface area contributed by atoms with Crippen molar-refractivity contribution < 1.29 is 14.7 Å². The van der Waals surface area contributed by atoms with Gasteiger partial charge in [0.25, 0.3) is 11.7 Å². The zero-order valence-corrected chi connectivity index (χ0v) is 17.2. The highest BCUT2D eigenvalue weighted by Crippen LogP contribution is 2.43. The quantitative estimate of drug-likeness (QED) is 0.374. The number of para-hydroxylation sites is 1. The second kappa shape index (κ2) is 7.64. The number of carbonyl (C=O) groups excluding carboxylic acids is 2. The number of ketones is 1. The Morgan fingerprint density at radius 2 is 1.50 bits per heavy atom. The van der Waals surface area contributed by atoms with Crippen molar-refractivity contribution in [3.8, 4) is 0 Å². The predicted octanol–water partition coefficient (Wildman–Crippen LogP) is 5.24. The summed E-state index contributed by atoms with van der Waals surface area (Å²) in [5.74, 6) is -1.45. The first-order chi connectivity index (χ1) is 14.4. The van der Waals surface area contributed by atoms with E-state index in [2.05, 4.69) is 0 Å². The first-order valence-corrected chi connectivity index (χ1v) is 9.89. The fourth-order valence-electron chi connectivity index (χ4n) is 4.00. The van der Waals surface area contributed by atoms with Gasteiger partial charge in [-0.3, -0.25) is 14.5 Å². The number of Topliss-reactive ketones (excluding diaryl/α,β-unsaturated/α-hetero) is 1. The van der Waals surface area contributed by atoms with E-state index in [1.165, 1.54) is 4.90 Å². The molecule has 30 heavy (non-hydrogen) atoms. The monoisotopic (exact) mass is 397 g/mol. The third-order valence-corrected chi connectivity index (χ3v) is 5.58. The molecular formula is C26H23NO3. The summed E-state index contributed by atoms with van der Waals surface area (Å²) < 4.78 is 0. The van der Waals surface area contributed by atoms with Crippen LogP contribution in [0.1, 0.15) is 33.9 Å². The van der Waals surface area contributed by atoms with Gasteiger partial charge in [0.2, 0.25) is 0 Å². The van der Waals surface area contributed by atoms with Gasteiger partial charge < -0.3 is 5.11 Å². The minimum Gasteiger partial charge on any atom is -0.507 e. The van der Waals surface area contributed by atoms with E-state index in [0.717, 1.165) is 22.3 Å². The fourth-order valence-corrected chi connectivity index (χ4v) is 4.00. The second-order valence-corrected chi connectivity index (χ2v) is 7.68. The van der Waals surface area contributed by atoms with Crippen molar-refractivity contribution in [2.24, 2.45) is 0 Å². The first-order valence-electron chi connectivity index (χ1n) is 9.89. The molecule has 1 amide bonds. The number of carbonyl (C=O) groups is 2. The molecule has 1 unspecified atom stereocenters. The van der Waals surface area contributed by atoms with E-state index in [1.807, 2.05) is 93.6 Å². The lowest BCUT2D eigenvalue weighted by Gasteiger charge is -2.26. The van der Waals surface area contributed by atoms with Crippen LogP contribution in [0.2, 0.25) is 0 Å². The number of aliphatic hydroxyl groups excluding tert-OH is 1. The molecule has 1 N–H and O–H groups in total. The average molecular weight is 397 g/mol. The molecule has 150 valence electrons. The molecule has 0 aromatic heterocycles. The number of hydrogen-bond donors (Lipinski definition) is 1. The molecule has 4 rings (SSSR count). The molecule has 1 atom stereocenters. The SMILES string of the molecule is Cc1ccc(C)c(/C(O)=C2\C(=O)C(=O)N(c3ccccc3C)C2c2ccccc2)c1. The van der Waals surface area contributed by atoms with Gasteiger partial charge in [-0.25, -0.2) is 0 Å². The van der Waals surface area contributed by atoms with E-state index < -0.39 is 17.7 Å². The lowest BCUT2D eigenvalue weighted by molar-refractivity contribution is -0.132. The highest BCUT2D eigenvalue weighted by molar-refractivity contribution is 6.51. The van der Waals surface area contributed by atoms with Crippen LogP contribution in [0, 0.1) is 20.8 Å². The molecule has 4 heteroatoms. The molecule has 0 spiro atoms. The number of aryl methyl sites for hydroxylation is 3. The number of nitrogens with zero attached hydrogens (tertiary/aromatic N) is 1. The molecule has 0 bridgehead atoms. The van der Waals surface area contributed by atoms with Crippen LogP contribution in [0.5, 0.6) is 0 Å². The van der Waals surface area contributed by atoms with Crippen molar-refractivity contribution >= 4 is 23.1 Å². The van der Waals surface area contributed by atoms with Crippen LogP contribution in [0.3, 0.4) is 0 Å². The van der Waals surface area contributed by atoms with E-state index >= 15 is 0 Å². The molecule has 3 aromatic rings. The molecular weight excluding hydrogens is 374 g/mol. The molecule has 1 aliphatic heterocycles. The summed E-state index contributed by atoms with van der Waals surface area (Å²) in [6.07, 6.45) is 0. The molecule has 1 heterocycles. The lowest BCUT2D eigenvalue weighted by atomic mass is 9.93. The highest BCUT2D eigenvalue weighted by atomic mass is 16.3. The minimum absolute atomic E-state index is 0.114. The Bertz CT molecular complexity index is 1180. The molecule has 3 aromatic carbocycles. The van der Waals surface area contributed by atoms with Gasteiger partial charge in [0.1, 0.15) is 5.76 Å². The molecule has 1 fully saturated rings. The highest BCUT2D eigenvalue weighted by Gasteiger charge is 2.47. The van der Waals surface area contributed by atoms with Crippen molar-refractivity contribution in [3.05, 3.63) is 106 Å². The maximum absolute atomic E-state index is 13.2. The number of hydrogen-bond acceptors (Lipinski definition) is 3. The van der Waals surface area contributed by atoms with Crippen molar-refractivity contribution in [1.29, 1.82) is 0 Å². The zero-order chi connectivity index (χ0) is 21.4. The normalized spacial score (nSPS) is 18.1. The van der Waals surface area contributed by atoms with Crippen molar-refractivity contribution in [2.75, 3.05) is 4.90 Å². The summed E-state index contributed by atoms with van der Waals surface area (Å²) in [6, 6.07) is 21.8. The topological polar surface area (TPSA) is 57.6 Å². The Morgan fingerprint density at radius 1 is 0.833 bits per heavy atom. The van der Waals surface area contributed by atoms with Gasteiger partial charge in [0.05, 0.1) is 11.6 Å². The maximum Gasteiger partial charge on any atom is 0.300 e. The molecule has 4 nitrogen and oxygen atoms in total. The predicted molar refractivity (Wildman–Crippen MR) is 118 cm³/mol. The van der Waals surface area contributed by atoms with Gasteiger partial charge in [0.15, 0.2) is 0 Å². The van der Waals surface area contributed by atoms with E-state index in [9.17, 15) is 14.7 Å². The smallest absolute Gasteiger partial charge is 0.300 e. The lowest BCUT2D eigenvalue weighted by Crippen LogP contribution is -2.30. The van der Waals surface area contributed by atoms with E-state index in [0.29, 0.717) is 11.3 Å². The largest absolute Gasteiger partial charge is 0.507 e. The molecule has 1 saturated heterocycles. The van der Waals surface area contributed by atoms with Gasteiger partial charge in [-0.1, -0.05) is 66.2 Å². The summed E-state index contributed by atoms with van der Waals surface area (Å²) in [7, 11) is 0. The van der Waals surface area contributed by atoms with E-state index in [4.69, 9.17) is 0 Å². The molecule has 0 aliphatic carbocycles. The Morgan fingerprint density at radius 3 is 2.20 bits per heavy atom. The number of rotatable bonds is 3. The Kier molecular flexibility index (Phi) is 5.00.